The number of aromatic carboxylic acids is 1. The summed E-state index contributed by atoms with van der Waals surface area (Å²) in [6.45, 7) is 1.99. The number of aryl methyl sites for hydroxylation is 1. The third-order valence-electron chi connectivity index (χ3n) is 2.09. The van der Waals surface area contributed by atoms with E-state index in [1.165, 1.54) is 0 Å². The second-order valence-electron chi connectivity index (χ2n) is 2.97. The summed E-state index contributed by atoms with van der Waals surface area (Å²) in [6, 6.07) is 1.80. The molecule has 0 aliphatic rings. The van der Waals surface area contributed by atoms with Crippen molar-refractivity contribution in [3.63, 3.8) is 0 Å². The third kappa shape index (κ3) is 1.22. The van der Waals surface area contributed by atoms with E-state index in [0.29, 0.717) is 11.0 Å². The molecule has 0 unspecified atom stereocenters. The van der Waals surface area contributed by atoms with Crippen LogP contribution in [0.15, 0.2) is 12.3 Å². The van der Waals surface area contributed by atoms with E-state index >= 15 is 0 Å². The Labute approximate surface area is 79.8 Å². The average Bonchev–Trinajstić information content (AvgIpc) is 2.59. The van der Waals surface area contributed by atoms with Crippen LogP contribution in [0.4, 0.5) is 0 Å². The van der Waals surface area contributed by atoms with Gasteiger partial charge in [0.25, 0.3) is 0 Å². The van der Waals surface area contributed by atoms with Crippen LogP contribution in [0.25, 0.3) is 11.0 Å². The molecule has 0 fully saturated rings. The van der Waals surface area contributed by atoms with E-state index in [4.69, 9.17) is 5.11 Å². The van der Waals surface area contributed by atoms with Gasteiger partial charge < -0.3 is 5.11 Å². The van der Waals surface area contributed by atoms with Crippen LogP contribution in [0.2, 0.25) is 0 Å². The van der Waals surface area contributed by atoms with Crippen molar-refractivity contribution in [1.82, 2.24) is 15.2 Å². The van der Waals surface area contributed by atoms with Crippen molar-refractivity contribution in [3.05, 3.63) is 23.5 Å². The topological polar surface area (TPSA) is 78.9 Å². The Bertz CT molecular complexity index is 490. The van der Waals surface area contributed by atoms with E-state index in [0.717, 1.165) is 12.0 Å². The molecule has 5 nitrogen and oxygen atoms in total. The minimum atomic E-state index is -1.01. The first-order valence-electron chi connectivity index (χ1n) is 4.28. The number of carboxylic acids is 1. The zero-order valence-corrected chi connectivity index (χ0v) is 7.61. The first-order chi connectivity index (χ1) is 6.72. The van der Waals surface area contributed by atoms with Crippen molar-refractivity contribution >= 4 is 17.0 Å². The van der Waals surface area contributed by atoms with Crippen LogP contribution in [0.5, 0.6) is 0 Å². The first kappa shape index (κ1) is 8.68. The van der Waals surface area contributed by atoms with Gasteiger partial charge in [0, 0.05) is 6.20 Å². The summed E-state index contributed by atoms with van der Waals surface area (Å²) in [6.07, 6.45) is 2.53. The lowest BCUT2D eigenvalue weighted by Crippen LogP contribution is -1.97. The van der Waals surface area contributed by atoms with Crippen LogP contribution < -0.4 is 0 Å². The first-order valence-corrected chi connectivity index (χ1v) is 4.28. The maximum absolute atomic E-state index is 10.8. The molecule has 2 aromatic heterocycles. The zero-order chi connectivity index (χ0) is 10.1. The molecule has 0 atom stereocenters. The number of fused-ring (bicyclic) bond motifs is 1. The number of hydrogen-bond donors (Lipinski definition) is 2. The van der Waals surface area contributed by atoms with Gasteiger partial charge in [0.2, 0.25) is 0 Å². The highest BCUT2D eigenvalue weighted by molar-refractivity contribution is 5.99. The average molecular weight is 191 g/mol. The number of nitrogens with zero attached hydrogens (tertiary/aromatic N) is 2. The third-order valence-corrected chi connectivity index (χ3v) is 2.09. The number of carbonyl (C=O) groups is 1. The molecule has 0 bridgehead atoms. The maximum Gasteiger partial charge on any atom is 0.354 e. The minimum Gasteiger partial charge on any atom is -0.477 e. The highest BCUT2D eigenvalue weighted by atomic mass is 16.4. The van der Waals surface area contributed by atoms with Gasteiger partial charge in [-0.3, -0.25) is 5.10 Å². The van der Waals surface area contributed by atoms with Gasteiger partial charge in [-0.1, -0.05) is 6.92 Å². The second-order valence-corrected chi connectivity index (χ2v) is 2.97. The number of aromatic amines is 1. The zero-order valence-electron chi connectivity index (χ0n) is 7.61. The van der Waals surface area contributed by atoms with Crippen molar-refractivity contribution in [3.8, 4) is 0 Å². The van der Waals surface area contributed by atoms with E-state index in [1.54, 1.807) is 12.3 Å². The molecule has 72 valence electrons. The Hall–Kier alpha value is -1.91. The van der Waals surface area contributed by atoms with Gasteiger partial charge in [-0.15, -0.1) is 0 Å². The highest BCUT2D eigenvalue weighted by Gasteiger charge is 2.12. The number of aromatic nitrogens is 3. The Morgan fingerprint density at radius 3 is 3.07 bits per heavy atom. The van der Waals surface area contributed by atoms with Gasteiger partial charge >= 0.3 is 5.97 Å². The molecule has 0 aliphatic heterocycles. The molecule has 0 spiro atoms. The van der Waals surface area contributed by atoms with Crippen molar-refractivity contribution in [2.45, 2.75) is 13.3 Å². The van der Waals surface area contributed by atoms with E-state index in [-0.39, 0.29) is 5.69 Å². The molecule has 0 saturated heterocycles. The van der Waals surface area contributed by atoms with Crippen LogP contribution in [-0.4, -0.2) is 26.3 Å². The van der Waals surface area contributed by atoms with Crippen LogP contribution in [-0.2, 0) is 6.42 Å². The van der Waals surface area contributed by atoms with Crippen molar-refractivity contribution in [2.75, 3.05) is 0 Å². The van der Waals surface area contributed by atoms with Crippen LogP contribution >= 0.6 is 0 Å². The lowest BCUT2D eigenvalue weighted by atomic mass is 10.1. The quantitative estimate of drug-likeness (QED) is 0.747. The van der Waals surface area contributed by atoms with E-state index < -0.39 is 5.97 Å². The van der Waals surface area contributed by atoms with Crippen LogP contribution in [0.3, 0.4) is 0 Å². The Morgan fingerprint density at radius 1 is 1.64 bits per heavy atom. The molecular formula is C9H9N3O2. The Balaban J connectivity index is 2.69. The molecule has 0 radical (unpaired) electrons. The summed E-state index contributed by atoms with van der Waals surface area (Å²) in [5, 5.41) is 15.7. The van der Waals surface area contributed by atoms with Gasteiger partial charge in [0.1, 0.15) is 0 Å². The lowest BCUT2D eigenvalue weighted by Gasteiger charge is -1.95. The summed E-state index contributed by atoms with van der Waals surface area (Å²) in [7, 11) is 0. The van der Waals surface area contributed by atoms with Gasteiger partial charge in [-0.25, -0.2) is 9.78 Å². The predicted molar refractivity (Wildman–Crippen MR) is 50.2 cm³/mol. The SMILES string of the molecule is CCc1cnc2n[nH]c(C(=O)O)c2c1. The Kier molecular flexibility index (Phi) is 1.92. The minimum absolute atomic E-state index is 0.0998. The smallest absolute Gasteiger partial charge is 0.354 e. The molecule has 0 saturated carbocycles. The largest absolute Gasteiger partial charge is 0.477 e. The molecule has 2 heterocycles. The summed E-state index contributed by atoms with van der Waals surface area (Å²) < 4.78 is 0. The molecule has 2 aromatic rings. The maximum atomic E-state index is 10.8. The van der Waals surface area contributed by atoms with Crippen LogP contribution in [0, 0.1) is 0 Å². The molecule has 14 heavy (non-hydrogen) atoms. The molecule has 0 aromatic carbocycles. The van der Waals surface area contributed by atoms with Gasteiger partial charge in [-0.05, 0) is 18.1 Å². The van der Waals surface area contributed by atoms with E-state index in [1.807, 2.05) is 6.92 Å². The fourth-order valence-electron chi connectivity index (χ4n) is 1.30. The summed E-state index contributed by atoms with van der Waals surface area (Å²) in [5.74, 6) is -1.01. The van der Waals surface area contributed by atoms with Gasteiger partial charge in [0.15, 0.2) is 11.3 Å². The second kappa shape index (κ2) is 3.10. The summed E-state index contributed by atoms with van der Waals surface area (Å²) in [4.78, 5) is 14.8. The van der Waals surface area contributed by atoms with Crippen molar-refractivity contribution in [1.29, 1.82) is 0 Å². The number of carboxylic acid groups (broad SMARTS) is 1. The number of H-pyrrole nitrogens is 1. The van der Waals surface area contributed by atoms with Crippen molar-refractivity contribution in [2.24, 2.45) is 0 Å². The number of rotatable bonds is 2. The fraction of sp³-hybridized carbons (Fsp3) is 0.222. The van der Waals surface area contributed by atoms with Crippen molar-refractivity contribution < 1.29 is 9.90 Å². The monoisotopic (exact) mass is 191 g/mol. The summed E-state index contributed by atoms with van der Waals surface area (Å²) >= 11 is 0. The van der Waals surface area contributed by atoms with Gasteiger partial charge in [0.05, 0.1) is 5.39 Å². The molecule has 0 aliphatic carbocycles. The lowest BCUT2D eigenvalue weighted by molar-refractivity contribution is 0.0692. The standard InChI is InChI=1S/C9H9N3O2/c1-2-5-3-6-7(9(13)14)11-12-8(6)10-4-5/h3-4H,2H2,1H3,(H,13,14)(H,10,11,12). The number of hydrogen-bond acceptors (Lipinski definition) is 3. The predicted octanol–water partition coefficient (Wildman–Crippen LogP) is 1.22. The molecule has 5 heteroatoms. The normalized spacial score (nSPS) is 10.6. The van der Waals surface area contributed by atoms with Crippen LogP contribution in [0.1, 0.15) is 23.0 Å². The number of nitrogens with one attached hydrogen (secondary N) is 1. The Morgan fingerprint density at radius 2 is 2.43 bits per heavy atom. The summed E-state index contributed by atoms with van der Waals surface area (Å²) in [5.41, 5.74) is 1.55. The molecule has 2 rings (SSSR count). The van der Waals surface area contributed by atoms with E-state index in [9.17, 15) is 4.79 Å². The molecular weight excluding hydrogens is 182 g/mol. The highest BCUT2D eigenvalue weighted by Crippen LogP contribution is 2.15. The molecule has 0 amide bonds. The fourth-order valence-corrected chi connectivity index (χ4v) is 1.30. The van der Waals surface area contributed by atoms with Gasteiger partial charge in [-0.2, -0.15) is 5.10 Å². The van der Waals surface area contributed by atoms with E-state index in [2.05, 4.69) is 15.2 Å². The number of pyridine rings is 1. The molecule has 2 N–H and O–H groups in total.